The molecule has 0 N–H and O–H groups in total. The molecule has 0 atom stereocenters. The molecule has 0 radical (unpaired) electrons. The summed E-state index contributed by atoms with van der Waals surface area (Å²) in [6.07, 6.45) is -0.619. The molecule has 0 fully saturated rings. The van der Waals surface area contributed by atoms with Crippen LogP contribution in [0.15, 0.2) is 0 Å². The quantitative estimate of drug-likeness (QED) is 0.644. The van der Waals surface area contributed by atoms with Crippen LogP contribution in [0.2, 0.25) is 0 Å². The fraction of sp³-hybridized carbons (Fsp3) is 0. The average Bonchev–Trinajstić information content (AvgIpc) is 2.04. The molecule has 0 spiro atoms. The standard InChI is InChI=1S/CH2O3.2O.4Zn/c2-1(3)4;;;;;;/h(H2,2,3,4);;;;;;/q;;;;;2*+1/p-2. The van der Waals surface area contributed by atoms with Crippen molar-refractivity contribution in [1.29, 1.82) is 0 Å². The van der Waals surface area contributed by atoms with E-state index in [0.717, 1.165) is 0 Å². The molecule has 0 rings (SSSR count). The molecule has 0 aromatic heterocycles. The van der Waals surface area contributed by atoms with Crippen molar-refractivity contribution in [2.45, 2.75) is 0 Å². The van der Waals surface area contributed by atoms with Gasteiger partial charge in [0.2, 0.25) is 0 Å². The van der Waals surface area contributed by atoms with Gasteiger partial charge in [-0.25, -0.2) is 0 Å². The van der Waals surface area contributed by atoms with E-state index < -0.39 is 35.7 Å². The molecular formula is CO5Zn4. The van der Waals surface area contributed by atoms with Gasteiger partial charge in [-0.2, -0.15) is 0 Å². The number of hydrogen-bond acceptors (Lipinski definition) is 5. The molecule has 9 heteroatoms. The molecule has 5 nitrogen and oxygen atoms in total. The Labute approximate surface area is 90.6 Å². The summed E-state index contributed by atoms with van der Waals surface area (Å²) < 4.78 is 27.0. The second-order valence-corrected chi connectivity index (χ2v) is 12.8. The van der Waals surface area contributed by atoms with Crippen molar-refractivity contribution in [3.05, 3.63) is 0 Å². The Morgan fingerprint density at radius 1 is 1.40 bits per heavy atom. The Bertz CT molecular complexity index is 104. The van der Waals surface area contributed by atoms with Crippen LogP contribution < -0.4 is 0 Å². The van der Waals surface area contributed by atoms with Crippen molar-refractivity contribution >= 4 is 6.16 Å². The molecule has 0 bridgehead atoms. The summed E-state index contributed by atoms with van der Waals surface area (Å²) >= 11 is -2.31. The first-order valence-electron chi connectivity index (χ1n) is 2.27. The molecule has 0 unspecified atom stereocenters. The van der Waals surface area contributed by atoms with Gasteiger partial charge in [-0.3, -0.25) is 0 Å². The molecule has 0 saturated carbocycles. The maximum atomic E-state index is 10.1. The van der Waals surface area contributed by atoms with Gasteiger partial charge >= 0.3 is 91.7 Å². The second kappa shape index (κ2) is 13.0. The minimum atomic E-state index is -1.56. The maximum absolute atomic E-state index is 10.1. The summed E-state index contributed by atoms with van der Waals surface area (Å²) in [5.74, 6) is 0. The zero-order valence-electron chi connectivity index (χ0n) is 5.37. The van der Waals surface area contributed by atoms with Gasteiger partial charge in [-0.15, -0.1) is 0 Å². The Morgan fingerprint density at radius 3 is 2.20 bits per heavy atom. The summed E-state index contributed by atoms with van der Waals surface area (Å²) in [5, 5.41) is 0. The summed E-state index contributed by atoms with van der Waals surface area (Å²) in [4.78, 5) is 10.1. The third-order valence-corrected chi connectivity index (χ3v) is 6.23. The molecule has 0 aromatic carbocycles. The molecule has 0 aliphatic carbocycles. The van der Waals surface area contributed by atoms with Gasteiger partial charge in [0.25, 0.3) is 0 Å². The van der Waals surface area contributed by atoms with E-state index in [1.807, 2.05) is 0 Å². The normalized spacial score (nSPS) is 5.60. The molecular weight excluding hydrogens is 354 g/mol. The second-order valence-electron chi connectivity index (χ2n) is 0.947. The minimum absolute atomic E-state index is 0.125. The van der Waals surface area contributed by atoms with Crippen molar-refractivity contribution in [3.8, 4) is 0 Å². The van der Waals surface area contributed by atoms with Crippen LogP contribution in [0.1, 0.15) is 0 Å². The van der Waals surface area contributed by atoms with E-state index in [1.165, 1.54) is 0 Å². The Kier molecular flexibility index (Phi) is 18.1. The fourth-order valence-electron chi connectivity index (χ4n) is 0.167. The van der Waals surface area contributed by atoms with Crippen molar-refractivity contribution in [2.24, 2.45) is 0 Å². The Balaban J connectivity index is 0. The van der Waals surface area contributed by atoms with E-state index in [4.69, 9.17) is 3.57 Å². The molecule has 10 heavy (non-hydrogen) atoms. The van der Waals surface area contributed by atoms with Crippen molar-refractivity contribution in [3.63, 3.8) is 0 Å². The zero-order chi connectivity index (χ0) is 8.41. The third-order valence-electron chi connectivity index (χ3n) is 0.421. The van der Waals surface area contributed by atoms with Crippen LogP contribution in [0.25, 0.3) is 0 Å². The molecule has 0 amide bonds. The van der Waals surface area contributed by atoms with Crippen molar-refractivity contribution < 1.29 is 85.5 Å². The van der Waals surface area contributed by atoms with E-state index in [2.05, 4.69) is 7.13 Å². The summed E-state index contributed by atoms with van der Waals surface area (Å²) in [7, 11) is 0. The topological polar surface area (TPSA) is 69.7 Å². The van der Waals surface area contributed by atoms with Crippen LogP contribution in [-0.2, 0) is 80.7 Å². The molecule has 0 aromatic rings. The SMILES string of the molecule is [O]=[Zn].[O]=[Zn][Zn][O]C(=O)[O][Zn]. The van der Waals surface area contributed by atoms with E-state index in [1.54, 1.807) is 0 Å². The van der Waals surface area contributed by atoms with Crippen LogP contribution in [0.3, 0.4) is 0 Å². The number of rotatable bonds is 2. The Hall–Kier alpha value is 1.36. The van der Waals surface area contributed by atoms with Gasteiger partial charge in [-0.05, 0) is 0 Å². The summed E-state index contributed by atoms with van der Waals surface area (Å²) in [6.45, 7) is 0. The van der Waals surface area contributed by atoms with Crippen LogP contribution in [0.4, 0.5) is 4.79 Å². The van der Waals surface area contributed by atoms with E-state index in [-0.39, 0.29) is 18.3 Å². The fourth-order valence-corrected chi connectivity index (χ4v) is 4.50. The Morgan fingerprint density at radius 2 is 1.90 bits per heavy atom. The summed E-state index contributed by atoms with van der Waals surface area (Å²) in [6, 6.07) is 0. The van der Waals surface area contributed by atoms with Gasteiger partial charge in [0.15, 0.2) is 0 Å². The number of carbonyl (C=O) groups is 1. The zero-order valence-corrected chi connectivity index (χ0v) is 17.2. The van der Waals surface area contributed by atoms with E-state index in [0.29, 0.717) is 18.7 Å². The monoisotopic (exact) mass is 348 g/mol. The first-order chi connectivity index (χ1) is 4.81. The van der Waals surface area contributed by atoms with E-state index >= 15 is 0 Å². The van der Waals surface area contributed by atoms with Crippen molar-refractivity contribution in [1.82, 2.24) is 0 Å². The van der Waals surface area contributed by atoms with Gasteiger partial charge in [0, 0.05) is 0 Å². The van der Waals surface area contributed by atoms with Gasteiger partial charge in [0.1, 0.15) is 0 Å². The van der Waals surface area contributed by atoms with Gasteiger partial charge in [0.05, 0.1) is 0 Å². The predicted molar refractivity (Wildman–Crippen MR) is 8.94 cm³/mol. The summed E-state index contributed by atoms with van der Waals surface area (Å²) in [5.41, 5.74) is 0. The molecule has 0 aliphatic heterocycles. The van der Waals surface area contributed by atoms with Crippen LogP contribution in [0, 0.1) is 0 Å². The van der Waals surface area contributed by atoms with E-state index in [9.17, 15) is 8.37 Å². The first kappa shape index (κ1) is 13.9. The van der Waals surface area contributed by atoms with Gasteiger partial charge in [-0.1, -0.05) is 0 Å². The molecule has 0 saturated heterocycles. The number of carbonyl (C=O) groups excluding carboxylic acids is 1. The molecule has 0 aliphatic rings. The van der Waals surface area contributed by atoms with Gasteiger partial charge < -0.3 is 0 Å². The third kappa shape index (κ3) is 12.1. The molecule has 42 valence electrons. The van der Waals surface area contributed by atoms with Crippen LogP contribution in [-0.4, -0.2) is 6.16 Å². The van der Waals surface area contributed by atoms with Crippen molar-refractivity contribution in [2.75, 3.05) is 0 Å². The van der Waals surface area contributed by atoms with Crippen LogP contribution >= 0.6 is 0 Å². The van der Waals surface area contributed by atoms with Crippen LogP contribution in [0.5, 0.6) is 0 Å². The first-order valence-corrected chi connectivity index (χ1v) is 20.1. The number of hydrogen-bond donors (Lipinski definition) is 0. The molecule has 0 heterocycles. The predicted octanol–water partition coefficient (Wildman–Crippen LogP) is -0.179. The average molecular weight is 354 g/mol.